The molecule has 0 spiro atoms. The Kier molecular flexibility index (Phi) is 3.12. The molecule has 1 heterocycles. The zero-order valence-corrected chi connectivity index (χ0v) is 9.24. The van der Waals surface area contributed by atoms with Gasteiger partial charge in [-0.05, 0) is 23.8 Å². The summed E-state index contributed by atoms with van der Waals surface area (Å²) in [6.07, 6.45) is -2.53. The fraction of sp³-hybridized carbons (Fsp3) is 0.364. The van der Waals surface area contributed by atoms with Crippen molar-refractivity contribution in [2.75, 3.05) is 19.0 Å². The number of alkyl halides is 2. The highest BCUT2D eigenvalue weighted by molar-refractivity contribution is 5.92. The summed E-state index contributed by atoms with van der Waals surface area (Å²) in [5, 5.41) is 2.56. The van der Waals surface area contributed by atoms with Crippen LogP contribution in [0.1, 0.15) is 5.56 Å². The molecule has 0 aromatic heterocycles. The largest absolute Gasteiger partial charge is 0.497 e. The van der Waals surface area contributed by atoms with Crippen LogP contribution in [0.5, 0.6) is 5.75 Å². The van der Waals surface area contributed by atoms with Crippen molar-refractivity contribution in [3.05, 3.63) is 23.8 Å². The van der Waals surface area contributed by atoms with Gasteiger partial charge in [0.15, 0.2) is 0 Å². The minimum atomic E-state index is -2.53. The van der Waals surface area contributed by atoms with E-state index in [4.69, 9.17) is 4.74 Å². The van der Waals surface area contributed by atoms with Crippen molar-refractivity contribution in [3.8, 4) is 5.75 Å². The number of hydrogen-bond acceptors (Lipinski definition) is 2. The molecule has 1 aliphatic heterocycles. The van der Waals surface area contributed by atoms with E-state index in [1.807, 2.05) is 0 Å². The van der Waals surface area contributed by atoms with Crippen LogP contribution >= 0.6 is 0 Å². The SMILES string of the molecule is COc1ccc2c(c1)CN(CC(F)F)C(=O)N2. The van der Waals surface area contributed by atoms with E-state index in [1.54, 1.807) is 18.2 Å². The van der Waals surface area contributed by atoms with Gasteiger partial charge in [0.1, 0.15) is 5.75 Å². The van der Waals surface area contributed by atoms with Gasteiger partial charge in [-0.3, -0.25) is 0 Å². The van der Waals surface area contributed by atoms with Gasteiger partial charge in [0.05, 0.1) is 13.7 Å². The zero-order valence-electron chi connectivity index (χ0n) is 9.24. The van der Waals surface area contributed by atoms with Crippen molar-refractivity contribution in [1.29, 1.82) is 0 Å². The predicted octanol–water partition coefficient (Wildman–Crippen LogP) is 2.31. The Labute approximate surface area is 97.2 Å². The number of benzene rings is 1. The van der Waals surface area contributed by atoms with Crippen LogP contribution in [0.15, 0.2) is 18.2 Å². The van der Waals surface area contributed by atoms with Crippen LogP contribution in [0, 0.1) is 0 Å². The van der Waals surface area contributed by atoms with Crippen molar-refractivity contribution in [1.82, 2.24) is 4.90 Å². The Morgan fingerprint density at radius 2 is 2.29 bits per heavy atom. The Morgan fingerprint density at radius 1 is 1.53 bits per heavy atom. The average molecular weight is 242 g/mol. The number of fused-ring (bicyclic) bond motifs is 1. The van der Waals surface area contributed by atoms with E-state index in [-0.39, 0.29) is 6.54 Å². The molecular weight excluding hydrogens is 230 g/mol. The molecular formula is C11H12F2N2O2. The first kappa shape index (κ1) is 11.6. The summed E-state index contributed by atoms with van der Waals surface area (Å²) in [6, 6.07) is 4.64. The number of hydrogen-bond donors (Lipinski definition) is 1. The second-order valence-electron chi connectivity index (χ2n) is 3.72. The standard InChI is InChI=1S/C11H12F2N2O2/c1-17-8-2-3-9-7(4-8)5-15(6-10(12)13)11(16)14-9/h2-4,10H,5-6H2,1H3,(H,14,16). The first-order valence-corrected chi connectivity index (χ1v) is 5.11. The molecule has 1 aromatic rings. The van der Waals surface area contributed by atoms with Gasteiger partial charge in [-0.15, -0.1) is 0 Å². The number of amides is 2. The van der Waals surface area contributed by atoms with Crippen LogP contribution in [0.2, 0.25) is 0 Å². The smallest absolute Gasteiger partial charge is 0.322 e. The molecule has 1 N–H and O–H groups in total. The number of rotatable bonds is 3. The minimum absolute atomic E-state index is 0.169. The molecule has 92 valence electrons. The van der Waals surface area contributed by atoms with Crippen LogP contribution < -0.4 is 10.1 Å². The van der Waals surface area contributed by atoms with Gasteiger partial charge in [-0.1, -0.05) is 0 Å². The highest BCUT2D eigenvalue weighted by Crippen LogP contribution is 2.27. The summed E-state index contributed by atoms with van der Waals surface area (Å²) in [4.78, 5) is 12.6. The van der Waals surface area contributed by atoms with E-state index >= 15 is 0 Å². The molecule has 2 amide bonds. The highest BCUT2D eigenvalue weighted by atomic mass is 19.3. The Balaban J connectivity index is 2.22. The fourth-order valence-electron chi connectivity index (χ4n) is 1.74. The molecule has 17 heavy (non-hydrogen) atoms. The number of carbonyl (C=O) groups is 1. The fourth-order valence-corrected chi connectivity index (χ4v) is 1.74. The number of halogens is 2. The lowest BCUT2D eigenvalue weighted by Gasteiger charge is -2.29. The van der Waals surface area contributed by atoms with Crippen molar-refractivity contribution in [2.24, 2.45) is 0 Å². The Bertz CT molecular complexity index is 437. The molecule has 6 heteroatoms. The molecule has 0 bridgehead atoms. The summed E-state index contributed by atoms with van der Waals surface area (Å²) in [6.45, 7) is -0.398. The van der Waals surface area contributed by atoms with Crippen molar-refractivity contribution in [2.45, 2.75) is 13.0 Å². The quantitative estimate of drug-likeness (QED) is 0.883. The van der Waals surface area contributed by atoms with Crippen LogP contribution in [0.4, 0.5) is 19.3 Å². The normalized spacial score (nSPS) is 14.6. The third kappa shape index (κ3) is 2.46. The average Bonchev–Trinajstić information content (AvgIpc) is 2.29. The van der Waals surface area contributed by atoms with E-state index in [0.717, 1.165) is 10.5 Å². The lowest BCUT2D eigenvalue weighted by Crippen LogP contribution is -2.41. The second kappa shape index (κ2) is 4.57. The van der Waals surface area contributed by atoms with Gasteiger partial charge in [0, 0.05) is 12.2 Å². The first-order valence-electron chi connectivity index (χ1n) is 5.11. The van der Waals surface area contributed by atoms with Crippen molar-refractivity contribution in [3.63, 3.8) is 0 Å². The number of nitrogens with zero attached hydrogens (tertiary/aromatic N) is 1. The number of ether oxygens (including phenoxy) is 1. The number of methoxy groups -OCH3 is 1. The maximum absolute atomic E-state index is 12.3. The summed E-state index contributed by atoms with van der Waals surface area (Å²) in [5.41, 5.74) is 1.41. The van der Waals surface area contributed by atoms with E-state index in [0.29, 0.717) is 11.4 Å². The molecule has 1 aliphatic rings. The highest BCUT2D eigenvalue weighted by Gasteiger charge is 2.25. The number of anilines is 1. The maximum atomic E-state index is 12.3. The Morgan fingerprint density at radius 3 is 2.94 bits per heavy atom. The first-order chi connectivity index (χ1) is 8.10. The van der Waals surface area contributed by atoms with Crippen LogP contribution in [-0.2, 0) is 6.54 Å². The molecule has 0 saturated heterocycles. The molecule has 0 radical (unpaired) electrons. The maximum Gasteiger partial charge on any atom is 0.322 e. The van der Waals surface area contributed by atoms with E-state index in [9.17, 15) is 13.6 Å². The molecule has 4 nitrogen and oxygen atoms in total. The third-order valence-electron chi connectivity index (χ3n) is 2.56. The topological polar surface area (TPSA) is 41.6 Å². The zero-order chi connectivity index (χ0) is 12.4. The van der Waals surface area contributed by atoms with Gasteiger partial charge in [-0.25, -0.2) is 13.6 Å². The lowest BCUT2D eigenvalue weighted by molar-refractivity contribution is 0.0986. The summed E-state index contributed by atoms with van der Waals surface area (Å²) in [5.74, 6) is 0.636. The van der Waals surface area contributed by atoms with Gasteiger partial charge in [-0.2, -0.15) is 0 Å². The lowest BCUT2D eigenvalue weighted by atomic mass is 10.1. The Hall–Kier alpha value is -1.85. The molecule has 2 rings (SSSR count). The van der Waals surface area contributed by atoms with Crippen LogP contribution in [0.25, 0.3) is 0 Å². The number of carbonyl (C=O) groups excluding carboxylic acids is 1. The monoisotopic (exact) mass is 242 g/mol. The summed E-state index contributed by atoms with van der Waals surface area (Å²) >= 11 is 0. The summed E-state index contributed by atoms with van der Waals surface area (Å²) < 4.78 is 29.6. The number of urea groups is 1. The molecule has 0 fully saturated rings. The second-order valence-corrected chi connectivity index (χ2v) is 3.72. The van der Waals surface area contributed by atoms with Crippen molar-refractivity contribution < 1.29 is 18.3 Å². The molecule has 0 saturated carbocycles. The third-order valence-corrected chi connectivity index (χ3v) is 2.56. The molecule has 0 atom stereocenters. The minimum Gasteiger partial charge on any atom is -0.497 e. The van der Waals surface area contributed by atoms with Crippen LogP contribution in [0.3, 0.4) is 0 Å². The number of nitrogens with one attached hydrogen (secondary N) is 1. The molecule has 0 aliphatic carbocycles. The van der Waals surface area contributed by atoms with E-state index < -0.39 is 19.0 Å². The summed E-state index contributed by atoms with van der Waals surface area (Å²) in [7, 11) is 1.53. The molecule has 0 unspecified atom stereocenters. The van der Waals surface area contributed by atoms with Crippen molar-refractivity contribution >= 4 is 11.7 Å². The predicted molar refractivity (Wildman–Crippen MR) is 58.4 cm³/mol. The van der Waals surface area contributed by atoms with Gasteiger partial charge < -0.3 is 15.0 Å². The van der Waals surface area contributed by atoms with Gasteiger partial charge in [0.25, 0.3) is 6.43 Å². The van der Waals surface area contributed by atoms with E-state index in [2.05, 4.69) is 5.32 Å². The molecule has 1 aromatic carbocycles. The van der Waals surface area contributed by atoms with E-state index in [1.165, 1.54) is 7.11 Å². The van der Waals surface area contributed by atoms with Crippen LogP contribution in [-0.4, -0.2) is 31.0 Å². The van der Waals surface area contributed by atoms with Gasteiger partial charge in [0.2, 0.25) is 0 Å². The van der Waals surface area contributed by atoms with Gasteiger partial charge >= 0.3 is 6.03 Å².